The predicted molar refractivity (Wildman–Crippen MR) is 73.0 cm³/mol. The fraction of sp³-hybridized carbons (Fsp3) is 1.00. The number of hydrogen-bond donors (Lipinski definition) is 0. The lowest BCUT2D eigenvalue weighted by molar-refractivity contribution is -0.186. The zero-order valence-electron chi connectivity index (χ0n) is 12.1. The van der Waals surface area contributed by atoms with Crippen LogP contribution in [0.4, 0.5) is 0 Å². The second-order valence-electron chi connectivity index (χ2n) is 7.33. The highest BCUT2D eigenvalue weighted by Gasteiger charge is 2.64. The molecule has 4 saturated carbocycles. The lowest BCUT2D eigenvalue weighted by atomic mass is 9.40. The Bertz CT molecular complexity index is 289. The van der Waals surface area contributed by atoms with Gasteiger partial charge in [0.1, 0.15) is 0 Å². The van der Waals surface area contributed by atoms with Gasteiger partial charge in [0.05, 0.1) is 0 Å². The summed E-state index contributed by atoms with van der Waals surface area (Å²) in [5.41, 5.74) is 1.18. The van der Waals surface area contributed by atoms with E-state index in [1.807, 2.05) is 0 Å². The molecule has 17 heavy (non-hydrogen) atoms. The largest absolute Gasteiger partial charge is 0.303 e. The van der Waals surface area contributed by atoms with Crippen LogP contribution in [0.1, 0.15) is 58.8 Å². The van der Waals surface area contributed by atoms with Crippen LogP contribution in [0.3, 0.4) is 0 Å². The smallest absolute Gasteiger partial charge is 0.0267 e. The Morgan fingerprint density at radius 2 is 1.47 bits per heavy atom. The van der Waals surface area contributed by atoms with Gasteiger partial charge in [-0.2, -0.15) is 0 Å². The minimum absolute atomic E-state index is 0.547. The summed E-state index contributed by atoms with van der Waals surface area (Å²) in [5.74, 6) is 3.15. The van der Waals surface area contributed by atoms with E-state index < -0.39 is 0 Å². The molecule has 0 saturated heterocycles. The number of nitrogens with zero attached hydrogens (tertiary/aromatic N) is 1. The van der Waals surface area contributed by atoms with E-state index >= 15 is 0 Å². The molecule has 0 spiro atoms. The molecule has 4 atom stereocenters. The third kappa shape index (κ3) is 1.30. The van der Waals surface area contributed by atoms with E-state index in [9.17, 15) is 0 Å². The molecular weight excluding hydrogens is 206 g/mol. The van der Waals surface area contributed by atoms with Crippen molar-refractivity contribution in [1.82, 2.24) is 4.90 Å². The first-order valence-corrected chi connectivity index (χ1v) is 7.75. The van der Waals surface area contributed by atoms with Crippen molar-refractivity contribution in [2.24, 2.45) is 23.2 Å². The molecule has 0 aromatic rings. The van der Waals surface area contributed by atoms with Crippen molar-refractivity contribution in [1.29, 1.82) is 0 Å². The molecule has 0 amide bonds. The van der Waals surface area contributed by atoms with E-state index in [1.165, 1.54) is 25.7 Å². The fourth-order valence-electron chi connectivity index (χ4n) is 6.47. The summed E-state index contributed by atoms with van der Waals surface area (Å²) in [6, 6.07) is 0. The first-order valence-electron chi connectivity index (χ1n) is 7.75. The molecule has 4 aliphatic carbocycles. The molecule has 0 heterocycles. The van der Waals surface area contributed by atoms with Gasteiger partial charge in [0.15, 0.2) is 0 Å². The molecule has 0 aromatic heterocycles. The van der Waals surface area contributed by atoms with Gasteiger partial charge >= 0.3 is 0 Å². The van der Waals surface area contributed by atoms with Gasteiger partial charge in [-0.15, -0.1) is 0 Å². The molecule has 0 radical (unpaired) electrons. The summed E-state index contributed by atoms with van der Waals surface area (Å²) in [7, 11) is 4.71. The lowest BCUT2D eigenvalue weighted by Gasteiger charge is -2.70. The van der Waals surface area contributed by atoms with Gasteiger partial charge in [0, 0.05) is 5.54 Å². The summed E-state index contributed by atoms with van der Waals surface area (Å²) in [6.45, 7) is 4.91. The second-order valence-corrected chi connectivity index (χ2v) is 7.33. The molecule has 4 fully saturated rings. The normalized spacial score (nSPS) is 46.8. The molecule has 4 bridgehead atoms. The molecular formula is C16H29N. The highest BCUT2D eigenvalue weighted by Crippen LogP contribution is 2.67. The van der Waals surface area contributed by atoms with E-state index in [1.54, 1.807) is 19.3 Å². The summed E-state index contributed by atoms with van der Waals surface area (Å²) < 4.78 is 0. The van der Waals surface area contributed by atoms with Crippen molar-refractivity contribution in [2.45, 2.75) is 64.3 Å². The maximum Gasteiger partial charge on any atom is 0.0267 e. The SMILES string of the molecule is CCC1(CC)C2C[C@@H]3C[C@H](C2)CC1(N(C)C)C3. The lowest BCUT2D eigenvalue weighted by Crippen LogP contribution is -2.69. The zero-order valence-corrected chi connectivity index (χ0v) is 12.1. The highest BCUT2D eigenvalue weighted by molar-refractivity contribution is 5.17. The van der Waals surface area contributed by atoms with Crippen molar-refractivity contribution in [3.8, 4) is 0 Å². The van der Waals surface area contributed by atoms with Gasteiger partial charge in [-0.05, 0) is 82.2 Å². The topological polar surface area (TPSA) is 3.24 Å². The van der Waals surface area contributed by atoms with Gasteiger partial charge in [0.25, 0.3) is 0 Å². The van der Waals surface area contributed by atoms with E-state index in [0.717, 1.165) is 17.8 Å². The average Bonchev–Trinajstić information content (AvgIpc) is 2.29. The molecule has 98 valence electrons. The second kappa shape index (κ2) is 3.73. The maximum atomic E-state index is 2.63. The highest BCUT2D eigenvalue weighted by atomic mass is 15.2. The first kappa shape index (κ1) is 12.0. The summed E-state index contributed by atoms with van der Waals surface area (Å²) >= 11 is 0. The molecule has 2 unspecified atom stereocenters. The van der Waals surface area contributed by atoms with Crippen LogP contribution in [0.5, 0.6) is 0 Å². The Hall–Kier alpha value is -0.0400. The maximum absolute atomic E-state index is 2.63. The van der Waals surface area contributed by atoms with Gasteiger partial charge in [-0.3, -0.25) is 0 Å². The molecule has 0 aliphatic heterocycles. The van der Waals surface area contributed by atoms with Crippen LogP contribution in [0, 0.1) is 23.2 Å². The standard InChI is InChI=1S/C16H29N/c1-5-15(6-2)14-8-12-7-13(9-14)11-16(15,10-12)17(3)4/h12-14H,5-11H2,1-4H3/t12-,13+,14?,16?. The predicted octanol–water partition coefficient (Wildman–Crippen LogP) is 3.93. The van der Waals surface area contributed by atoms with Crippen LogP contribution in [-0.2, 0) is 0 Å². The van der Waals surface area contributed by atoms with Crippen molar-refractivity contribution < 1.29 is 0 Å². The van der Waals surface area contributed by atoms with Crippen molar-refractivity contribution >= 4 is 0 Å². The van der Waals surface area contributed by atoms with Crippen molar-refractivity contribution in [2.75, 3.05) is 14.1 Å². The van der Waals surface area contributed by atoms with Gasteiger partial charge < -0.3 is 4.90 Å². The Balaban J connectivity index is 2.07. The van der Waals surface area contributed by atoms with Crippen molar-refractivity contribution in [3.05, 3.63) is 0 Å². The minimum atomic E-state index is 0.547. The Labute approximate surface area is 107 Å². The van der Waals surface area contributed by atoms with Gasteiger partial charge in [-0.1, -0.05) is 13.8 Å². The fourth-order valence-corrected chi connectivity index (χ4v) is 6.47. The van der Waals surface area contributed by atoms with Crippen LogP contribution in [-0.4, -0.2) is 24.5 Å². The summed E-state index contributed by atoms with van der Waals surface area (Å²) in [6.07, 6.45) is 10.4. The molecule has 4 aliphatic rings. The van der Waals surface area contributed by atoms with Crippen LogP contribution in [0.15, 0.2) is 0 Å². The molecule has 0 aromatic carbocycles. The Morgan fingerprint density at radius 3 is 1.88 bits per heavy atom. The quantitative estimate of drug-likeness (QED) is 0.716. The van der Waals surface area contributed by atoms with Gasteiger partial charge in [-0.25, -0.2) is 0 Å². The first-order chi connectivity index (χ1) is 8.08. The molecule has 1 heteroatoms. The van der Waals surface area contributed by atoms with Crippen LogP contribution in [0.2, 0.25) is 0 Å². The third-order valence-electron chi connectivity index (χ3n) is 6.98. The van der Waals surface area contributed by atoms with E-state index in [2.05, 4.69) is 32.8 Å². The Morgan fingerprint density at radius 1 is 0.941 bits per heavy atom. The monoisotopic (exact) mass is 235 g/mol. The molecule has 0 N–H and O–H groups in total. The minimum Gasteiger partial charge on any atom is -0.303 e. The van der Waals surface area contributed by atoms with E-state index in [4.69, 9.17) is 0 Å². The zero-order chi connectivity index (χ0) is 12.3. The van der Waals surface area contributed by atoms with Crippen molar-refractivity contribution in [3.63, 3.8) is 0 Å². The Kier molecular flexibility index (Phi) is 2.63. The number of rotatable bonds is 3. The van der Waals surface area contributed by atoms with Gasteiger partial charge in [0.2, 0.25) is 0 Å². The molecule has 4 rings (SSSR count). The summed E-state index contributed by atoms with van der Waals surface area (Å²) in [4.78, 5) is 2.63. The van der Waals surface area contributed by atoms with Crippen LogP contribution >= 0.6 is 0 Å². The van der Waals surface area contributed by atoms with Crippen LogP contribution < -0.4 is 0 Å². The summed E-state index contributed by atoms with van der Waals surface area (Å²) in [5, 5.41) is 0. The number of hydrogen-bond acceptors (Lipinski definition) is 1. The third-order valence-corrected chi connectivity index (χ3v) is 6.98. The van der Waals surface area contributed by atoms with E-state index in [-0.39, 0.29) is 0 Å². The molecule has 1 nitrogen and oxygen atoms in total. The van der Waals surface area contributed by atoms with Crippen LogP contribution in [0.25, 0.3) is 0 Å². The average molecular weight is 235 g/mol. The van der Waals surface area contributed by atoms with E-state index in [0.29, 0.717) is 11.0 Å².